The molecule has 48 heteroatoms. The van der Waals surface area contributed by atoms with E-state index in [1.165, 1.54) is 0 Å². The summed E-state index contributed by atoms with van der Waals surface area (Å²) >= 11 is 28.3. The molecule has 0 N–H and O–H groups in total. The summed E-state index contributed by atoms with van der Waals surface area (Å²) in [5.41, 5.74) is 0.401. The predicted molar refractivity (Wildman–Crippen MR) is 377 cm³/mol. The molecule has 0 atom stereocenters. The van der Waals surface area contributed by atoms with Gasteiger partial charge in [-0.25, -0.2) is 19.9 Å². The Balaban J connectivity index is 0.000000689. The van der Waals surface area contributed by atoms with Gasteiger partial charge in [-0.1, -0.05) is 75.7 Å². The molecule has 0 amide bonds. The molecular formula is C60H44Br2Cl8F12Li2N16S4Zn4. The quantitative estimate of drug-likeness (QED) is 0.0372. The number of fused-ring (bicyclic) bond motifs is 4. The normalized spacial score (nSPS) is 11.0. The summed E-state index contributed by atoms with van der Waals surface area (Å²) in [5, 5.41) is 0.575. The maximum absolute atomic E-state index is 12.8. The van der Waals surface area contributed by atoms with Gasteiger partial charge in [0.15, 0.2) is 0 Å². The van der Waals surface area contributed by atoms with Crippen LogP contribution in [0.3, 0.4) is 0 Å². The Morgan fingerprint density at radius 3 is 0.741 bits per heavy atom. The fourth-order valence-corrected chi connectivity index (χ4v) is 12.9. The number of hydrogen-bond donors (Lipinski definition) is 0. The second-order valence-electron chi connectivity index (χ2n) is 19.6. The van der Waals surface area contributed by atoms with Crippen molar-refractivity contribution in [1.82, 2.24) is 78.1 Å². The molecule has 0 saturated carbocycles. The van der Waals surface area contributed by atoms with Gasteiger partial charge < -0.3 is 63.0 Å². The number of hydrogen-bond acceptors (Lipinski definition) is 16. The fraction of sp³-hybridized carbons (Fsp3) is 0.267. The van der Waals surface area contributed by atoms with Gasteiger partial charge in [-0.3, -0.25) is 19.9 Å². The number of halogens is 22. The molecule has 16 nitrogen and oxygen atoms in total. The number of thioether (sulfide) groups is 4. The van der Waals surface area contributed by atoms with Crippen molar-refractivity contribution in [3.63, 3.8) is 0 Å². The van der Waals surface area contributed by atoms with Crippen LogP contribution in [0.2, 0.25) is 10.3 Å². The van der Waals surface area contributed by atoms with E-state index in [2.05, 4.69) is 116 Å². The first kappa shape index (κ1) is 105. The molecule has 0 saturated heterocycles. The van der Waals surface area contributed by atoms with Gasteiger partial charge in [0.1, 0.15) is 65.6 Å². The monoisotopic (exact) mass is 2050 g/mol. The number of aromatic nitrogens is 16. The minimum Gasteiger partial charge on any atom is 1.00 e. The second kappa shape index (κ2) is 48.3. The van der Waals surface area contributed by atoms with Crippen molar-refractivity contribution < 1.29 is 184 Å². The molecule has 0 aliphatic heterocycles. The standard InChI is InChI=1S/2C15H11BrF3N4S.2C15H11ClF3N4S.6ClH.2Li.4Zn/c4*1-3-24-10-4-5-12(16)22-13(10)14-21-8-6-11(15(17,18)19)20-7-9(8)23(14)2;;;;;;;;;;;;/h4*4-6H,3H2,1-2H3;6*1H;;;;;;/q4*-1;;;;;;;2*+1;4*+2/p-6. The molecule has 0 unspecified atom stereocenters. The van der Waals surface area contributed by atoms with Gasteiger partial charge in [-0.2, -0.15) is 52.7 Å². The molecule has 12 aromatic rings. The zero-order valence-electron chi connectivity index (χ0n) is 57.7. The molecule has 0 aliphatic rings. The largest absolute Gasteiger partial charge is 1.00 e. The van der Waals surface area contributed by atoms with Gasteiger partial charge >= 0.3 is 170 Å². The smallest absolute Gasteiger partial charge is 1.00 e. The first-order valence-corrected chi connectivity index (χ1v) is 50.7. The summed E-state index contributed by atoms with van der Waals surface area (Å²) in [6.45, 7) is 8.01. The minimum atomic E-state index is -4.54. The number of rotatable bonds is 12. The van der Waals surface area contributed by atoms with E-state index in [0.717, 1.165) is 136 Å². The third-order valence-corrected chi connectivity index (χ3v) is 18.2. The van der Waals surface area contributed by atoms with Crippen LogP contribution in [0.5, 0.6) is 0 Å². The maximum atomic E-state index is 12.8. The molecule has 0 fully saturated rings. The van der Waals surface area contributed by atoms with E-state index in [1.54, 1.807) is 106 Å². The number of aryl methyl sites for hydroxylation is 4. The number of imidazole rings is 4. The summed E-state index contributed by atoms with van der Waals surface area (Å²) in [6.07, 6.45) is -8.44. The Bertz CT molecular complexity index is 4300. The molecule has 12 aromatic heterocycles. The van der Waals surface area contributed by atoms with E-state index in [1.807, 2.05) is 64.1 Å². The molecule has 108 heavy (non-hydrogen) atoms. The SMILES string of the molecule is CCSc1ccc(Br)nc1-c1nc2cc(C(F)(F)F)n[c-]c2n1C.CCSc1ccc(Br)nc1-c1nc2cc(C(F)(F)F)n[c-]c2n1C.CCSc1ccc(Cl)nc1-c1nc2cc(C(F)(F)F)n[c-]c2n1C.CCSc1ccc(Cl)nc1-c1nc2cc(C(F)(F)F)n[c-]c2n1C.[Cl-].[Cl-].[Cl][Zn+].[Cl][Zn+].[Cl][Zn+].[Cl][Zn+].[Li+].[Li+]. The van der Waals surface area contributed by atoms with Crippen molar-refractivity contribution in [2.45, 2.75) is 72.0 Å². The van der Waals surface area contributed by atoms with Crippen LogP contribution in [0.1, 0.15) is 50.5 Å². The molecule has 0 aliphatic carbocycles. The van der Waals surface area contributed by atoms with Crippen molar-refractivity contribution in [3.8, 4) is 46.1 Å². The number of alkyl halides is 12. The molecule has 552 valence electrons. The summed E-state index contributed by atoms with van der Waals surface area (Å²) in [4.78, 5) is 51.7. The average molecular weight is 2060 g/mol. The number of nitrogens with zero attached hydrogens (tertiary/aromatic N) is 16. The van der Waals surface area contributed by atoms with Gasteiger partial charge in [0.2, 0.25) is 0 Å². The van der Waals surface area contributed by atoms with Crippen molar-refractivity contribution in [3.05, 3.63) is 140 Å². The molecule has 0 bridgehead atoms. The minimum absolute atomic E-state index is 0. The van der Waals surface area contributed by atoms with E-state index >= 15 is 0 Å². The third-order valence-electron chi connectivity index (χ3n) is 13.2. The second-order valence-corrected chi connectivity index (χ2v) is 27.2. The molecule has 0 aromatic carbocycles. The van der Waals surface area contributed by atoms with Crippen LogP contribution in [0.25, 0.3) is 90.2 Å². The molecule has 12 rings (SSSR count). The van der Waals surface area contributed by atoms with Crippen LogP contribution in [0, 0.1) is 24.8 Å². The Morgan fingerprint density at radius 2 is 0.546 bits per heavy atom. The Labute approximate surface area is 747 Å². The van der Waals surface area contributed by atoms with E-state index in [4.69, 9.17) is 62.0 Å². The summed E-state index contributed by atoms with van der Waals surface area (Å²) in [6, 6.07) is 18.1. The van der Waals surface area contributed by atoms with Crippen molar-refractivity contribution in [1.29, 1.82) is 0 Å². The van der Waals surface area contributed by atoms with E-state index < -0.39 is 47.5 Å². The Hall–Kier alpha value is -1.39. The number of pyridine rings is 8. The van der Waals surface area contributed by atoms with Crippen LogP contribution in [0.15, 0.2) is 102 Å². The zero-order valence-corrected chi connectivity index (χ0v) is 82.0. The molecule has 12 heterocycles. The van der Waals surface area contributed by atoms with Crippen LogP contribution >= 0.6 is 141 Å². The third kappa shape index (κ3) is 27.4. The van der Waals surface area contributed by atoms with E-state index in [0.29, 0.717) is 77.3 Å². The van der Waals surface area contributed by atoms with Crippen LogP contribution in [-0.2, 0) is 122 Å². The summed E-state index contributed by atoms with van der Waals surface area (Å²) < 4.78 is 162. The van der Waals surface area contributed by atoms with Crippen molar-refractivity contribution in [2.24, 2.45) is 28.2 Å². The Kier molecular flexibility index (Phi) is 46.8. The Morgan fingerprint density at radius 1 is 0.352 bits per heavy atom. The van der Waals surface area contributed by atoms with Gasteiger partial charge in [0.25, 0.3) is 0 Å². The first-order valence-electron chi connectivity index (χ1n) is 28.8. The van der Waals surface area contributed by atoms with Gasteiger partial charge in [-0.15, -0.1) is 71.3 Å². The van der Waals surface area contributed by atoms with Gasteiger partial charge in [0, 0.05) is 70.5 Å². The van der Waals surface area contributed by atoms with Crippen molar-refractivity contribution >= 4 is 185 Å². The molecular weight excluding hydrogens is 2020 g/mol. The zero-order chi connectivity index (χ0) is 77.9. The predicted octanol–water partition coefficient (Wildman–Crippen LogP) is 9.44. The van der Waals surface area contributed by atoms with E-state index in [9.17, 15) is 52.7 Å². The fourth-order valence-electron chi connectivity index (χ4n) is 8.96. The first-order chi connectivity index (χ1) is 49.2. The van der Waals surface area contributed by atoms with Crippen LogP contribution in [0.4, 0.5) is 52.7 Å². The molecule has 0 radical (unpaired) electrons. The average Bonchev–Trinajstić information content (AvgIpc) is 1.65. The van der Waals surface area contributed by atoms with Crippen molar-refractivity contribution in [2.75, 3.05) is 23.0 Å². The molecule has 0 spiro atoms. The van der Waals surface area contributed by atoms with Gasteiger partial charge in [0.05, 0.1) is 0 Å². The van der Waals surface area contributed by atoms with Crippen LogP contribution in [-0.4, -0.2) is 101 Å². The maximum Gasteiger partial charge on any atom is 1.00 e. The van der Waals surface area contributed by atoms with Crippen LogP contribution < -0.4 is 62.5 Å². The van der Waals surface area contributed by atoms with Gasteiger partial charge in [-0.05, 0) is 148 Å². The summed E-state index contributed by atoms with van der Waals surface area (Å²) in [5.74, 6) is 5.08. The van der Waals surface area contributed by atoms with E-state index in [-0.39, 0.29) is 94.9 Å². The topological polar surface area (TPSA) is 174 Å². The summed E-state index contributed by atoms with van der Waals surface area (Å²) in [7, 11) is 25.8.